The van der Waals surface area contributed by atoms with Gasteiger partial charge in [0.05, 0.1) is 6.10 Å². The van der Waals surface area contributed by atoms with Crippen LogP contribution in [0.5, 0.6) is 0 Å². The minimum absolute atomic E-state index is 0.0386. The Hall–Kier alpha value is -0.930. The monoisotopic (exact) mass is 223 g/mol. The minimum Gasteiger partial charge on any atom is -0.387 e. The molecule has 0 aliphatic carbocycles. The van der Waals surface area contributed by atoms with Crippen LogP contribution in [0.25, 0.3) is 0 Å². The molecule has 0 aromatic heterocycles. The fourth-order valence-corrected chi connectivity index (χ4v) is 2.33. The lowest BCUT2D eigenvalue weighted by atomic mass is 10.00. The van der Waals surface area contributed by atoms with Crippen LogP contribution in [0.4, 0.5) is 4.39 Å². The van der Waals surface area contributed by atoms with Crippen molar-refractivity contribution in [3.05, 3.63) is 35.6 Å². The summed E-state index contributed by atoms with van der Waals surface area (Å²) in [5, 5.41) is 13.5. The number of rotatable bonds is 2. The van der Waals surface area contributed by atoms with E-state index >= 15 is 0 Å². The smallest absolute Gasteiger partial charge is 0.129 e. The topological polar surface area (TPSA) is 32.3 Å². The fourth-order valence-electron chi connectivity index (χ4n) is 2.33. The summed E-state index contributed by atoms with van der Waals surface area (Å²) in [5.41, 5.74) is 0.425. The van der Waals surface area contributed by atoms with E-state index in [4.69, 9.17) is 0 Å². The van der Waals surface area contributed by atoms with E-state index in [2.05, 4.69) is 19.2 Å². The minimum atomic E-state index is -0.761. The van der Waals surface area contributed by atoms with Crippen LogP contribution in [0.3, 0.4) is 0 Å². The van der Waals surface area contributed by atoms with Gasteiger partial charge in [-0.3, -0.25) is 0 Å². The molecule has 2 rings (SSSR count). The van der Waals surface area contributed by atoms with Crippen LogP contribution in [-0.4, -0.2) is 16.7 Å². The molecule has 0 saturated carbocycles. The molecule has 1 aromatic rings. The van der Waals surface area contributed by atoms with Crippen molar-refractivity contribution < 1.29 is 9.50 Å². The first-order chi connectivity index (χ1) is 7.49. The van der Waals surface area contributed by atoms with Gasteiger partial charge in [-0.05, 0) is 32.8 Å². The Bertz CT molecular complexity index is 378. The largest absolute Gasteiger partial charge is 0.387 e. The highest BCUT2D eigenvalue weighted by Gasteiger charge is 2.35. The SMILES string of the molecule is CC1(C)CCC(C(O)c2ccccc2F)N1. The number of aliphatic hydroxyl groups excluding tert-OH is 1. The summed E-state index contributed by atoms with van der Waals surface area (Å²) in [6, 6.07) is 6.37. The molecular formula is C13H18FNO. The lowest BCUT2D eigenvalue weighted by molar-refractivity contribution is 0.127. The lowest BCUT2D eigenvalue weighted by Gasteiger charge is -2.24. The number of benzene rings is 1. The molecule has 0 radical (unpaired) electrons. The van der Waals surface area contributed by atoms with E-state index in [1.165, 1.54) is 6.07 Å². The van der Waals surface area contributed by atoms with Gasteiger partial charge in [0.25, 0.3) is 0 Å². The average Bonchev–Trinajstić information content (AvgIpc) is 2.59. The Morgan fingerprint density at radius 3 is 2.69 bits per heavy atom. The van der Waals surface area contributed by atoms with Crippen LogP contribution < -0.4 is 5.32 Å². The molecule has 88 valence electrons. The van der Waals surface area contributed by atoms with E-state index in [9.17, 15) is 9.50 Å². The maximum atomic E-state index is 13.5. The lowest BCUT2D eigenvalue weighted by Crippen LogP contribution is -2.40. The number of hydrogen-bond donors (Lipinski definition) is 2. The third-order valence-corrected chi connectivity index (χ3v) is 3.26. The fraction of sp³-hybridized carbons (Fsp3) is 0.538. The predicted octanol–water partition coefficient (Wildman–Crippen LogP) is 2.39. The Morgan fingerprint density at radius 2 is 2.12 bits per heavy atom. The maximum absolute atomic E-state index is 13.5. The second-order valence-corrected chi connectivity index (χ2v) is 5.14. The van der Waals surface area contributed by atoms with Crippen molar-refractivity contribution >= 4 is 0 Å². The summed E-state index contributed by atoms with van der Waals surface area (Å²) in [6.45, 7) is 4.20. The molecule has 2 nitrogen and oxygen atoms in total. The predicted molar refractivity (Wildman–Crippen MR) is 61.6 cm³/mol. The van der Waals surface area contributed by atoms with Gasteiger partial charge < -0.3 is 10.4 Å². The first-order valence-electron chi connectivity index (χ1n) is 5.70. The second kappa shape index (κ2) is 4.15. The zero-order valence-electron chi connectivity index (χ0n) is 9.70. The third kappa shape index (κ3) is 2.25. The van der Waals surface area contributed by atoms with Crippen molar-refractivity contribution in [1.82, 2.24) is 5.32 Å². The number of aliphatic hydroxyl groups is 1. The number of hydrogen-bond acceptors (Lipinski definition) is 2. The molecule has 1 saturated heterocycles. The zero-order valence-corrected chi connectivity index (χ0v) is 9.70. The van der Waals surface area contributed by atoms with Crippen LogP contribution >= 0.6 is 0 Å². The van der Waals surface area contributed by atoms with Crippen LogP contribution in [-0.2, 0) is 0 Å². The molecule has 2 atom stereocenters. The molecule has 2 N–H and O–H groups in total. The normalized spacial score (nSPS) is 25.6. The second-order valence-electron chi connectivity index (χ2n) is 5.14. The van der Waals surface area contributed by atoms with Crippen LogP contribution in [0.15, 0.2) is 24.3 Å². The van der Waals surface area contributed by atoms with Gasteiger partial charge in [0.15, 0.2) is 0 Å². The van der Waals surface area contributed by atoms with Crippen LogP contribution in [0.2, 0.25) is 0 Å². The molecule has 0 spiro atoms. The third-order valence-electron chi connectivity index (χ3n) is 3.26. The standard InChI is InChI=1S/C13H18FNO/c1-13(2)8-7-11(15-13)12(16)9-5-3-4-6-10(9)14/h3-6,11-12,15-16H,7-8H2,1-2H3. The highest BCUT2D eigenvalue weighted by molar-refractivity contribution is 5.22. The summed E-state index contributed by atoms with van der Waals surface area (Å²) in [5.74, 6) is -0.332. The van der Waals surface area contributed by atoms with E-state index in [0.717, 1.165) is 12.8 Å². The Labute approximate surface area is 95.5 Å². The molecule has 0 bridgehead atoms. The molecule has 1 aliphatic rings. The highest BCUT2D eigenvalue weighted by Crippen LogP contribution is 2.31. The van der Waals surface area contributed by atoms with Gasteiger partial charge in [-0.15, -0.1) is 0 Å². The van der Waals surface area contributed by atoms with Crippen LogP contribution in [0, 0.1) is 5.82 Å². The number of nitrogens with one attached hydrogen (secondary N) is 1. The highest BCUT2D eigenvalue weighted by atomic mass is 19.1. The van der Waals surface area contributed by atoms with Gasteiger partial charge in [0, 0.05) is 17.1 Å². The van der Waals surface area contributed by atoms with E-state index < -0.39 is 6.10 Å². The van der Waals surface area contributed by atoms with Gasteiger partial charge in [-0.1, -0.05) is 18.2 Å². The van der Waals surface area contributed by atoms with Crippen molar-refractivity contribution in [2.24, 2.45) is 0 Å². The Morgan fingerprint density at radius 1 is 1.44 bits per heavy atom. The van der Waals surface area contributed by atoms with Crippen molar-refractivity contribution in [2.75, 3.05) is 0 Å². The van der Waals surface area contributed by atoms with Crippen molar-refractivity contribution in [2.45, 2.75) is 44.4 Å². The molecule has 0 amide bonds. The van der Waals surface area contributed by atoms with Gasteiger partial charge >= 0.3 is 0 Å². The molecule has 1 heterocycles. The molecule has 16 heavy (non-hydrogen) atoms. The zero-order chi connectivity index (χ0) is 11.8. The van der Waals surface area contributed by atoms with Crippen molar-refractivity contribution in [3.8, 4) is 0 Å². The quantitative estimate of drug-likeness (QED) is 0.807. The number of halogens is 1. The summed E-state index contributed by atoms with van der Waals surface area (Å²) >= 11 is 0. The van der Waals surface area contributed by atoms with E-state index in [0.29, 0.717) is 5.56 Å². The van der Waals surface area contributed by atoms with Crippen molar-refractivity contribution in [1.29, 1.82) is 0 Å². The van der Waals surface area contributed by atoms with E-state index in [1.54, 1.807) is 18.2 Å². The summed E-state index contributed by atoms with van der Waals surface area (Å²) in [6.07, 6.45) is 1.12. The van der Waals surface area contributed by atoms with Gasteiger partial charge in [0.2, 0.25) is 0 Å². The summed E-state index contributed by atoms with van der Waals surface area (Å²) in [7, 11) is 0. The Balaban J connectivity index is 2.15. The molecule has 1 fully saturated rings. The van der Waals surface area contributed by atoms with Gasteiger partial charge in [0.1, 0.15) is 5.82 Å². The van der Waals surface area contributed by atoms with Gasteiger partial charge in [-0.25, -0.2) is 4.39 Å². The van der Waals surface area contributed by atoms with Gasteiger partial charge in [-0.2, -0.15) is 0 Å². The molecule has 3 heteroatoms. The van der Waals surface area contributed by atoms with E-state index in [-0.39, 0.29) is 17.4 Å². The summed E-state index contributed by atoms with van der Waals surface area (Å²) < 4.78 is 13.5. The molecule has 1 aliphatic heterocycles. The molecule has 2 unspecified atom stereocenters. The van der Waals surface area contributed by atoms with E-state index in [1.807, 2.05) is 0 Å². The van der Waals surface area contributed by atoms with Crippen molar-refractivity contribution in [3.63, 3.8) is 0 Å². The average molecular weight is 223 g/mol. The molecule has 1 aromatic carbocycles. The molecular weight excluding hydrogens is 205 g/mol. The Kier molecular flexibility index (Phi) is 3.00. The first kappa shape index (κ1) is 11.6. The maximum Gasteiger partial charge on any atom is 0.129 e. The summed E-state index contributed by atoms with van der Waals surface area (Å²) in [4.78, 5) is 0. The first-order valence-corrected chi connectivity index (χ1v) is 5.70. The van der Waals surface area contributed by atoms with Crippen LogP contribution in [0.1, 0.15) is 38.4 Å².